The quantitative estimate of drug-likeness (QED) is 0.274. The zero-order chi connectivity index (χ0) is 24.9. The maximum absolute atomic E-state index is 13.7. The molecule has 5 nitrogen and oxygen atoms in total. The SMILES string of the molecule is Cc1ccc(S(=O)(=O)n2cc(Cn3c(-c4ccccc4)nc4ccc(C)cc43)c3ccccc32)cc1. The molecule has 2 heterocycles. The second-order valence-electron chi connectivity index (χ2n) is 9.17. The van der Waals surface area contributed by atoms with Crippen molar-refractivity contribution in [3.05, 3.63) is 120 Å². The number of imidazole rings is 1. The molecule has 0 atom stereocenters. The molecule has 0 fully saturated rings. The minimum Gasteiger partial charge on any atom is -0.319 e. The predicted molar refractivity (Wildman–Crippen MR) is 145 cm³/mol. The van der Waals surface area contributed by atoms with Gasteiger partial charge in [0.15, 0.2) is 0 Å². The third-order valence-electron chi connectivity index (χ3n) is 6.60. The van der Waals surface area contributed by atoms with Gasteiger partial charge >= 0.3 is 0 Å². The van der Waals surface area contributed by atoms with Crippen LogP contribution >= 0.6 is 0 Å². The van der Waals surface area contributed by atoms with Crippen molar-refractivity contribution in [2.75, 3.05) is 0 Å². The van der Waals surface area contributed by atoms with Crippen molar-refractivity contribution in [1.82, 2.24) is 13.5 Å². The Kier molecular flexibility index (Phi) is 5.27. The maximum Gasteiger partial charge on any atom is 0.268 e. The van der Waals surface area contributed by atoms with Crippen LogP contribution in [0.15, 0.2) is 108 Å². The van der Waals surface area contributed by atoms with Crippen LogP contribution in [0.25, 0.3) is 33.3 Å². The summed E-state index contributed by atoms with van der Waals surface area (Å²) in [5.74, 6) is 0.856. The molecule has 36 heavy (non-hydrogen) atoms. The van der Waals surface area contributed by atoms with Crippen molar-refractivity contribution in [2.24, 2.45) is 0 Å². The highest BCUT2D eigenvalue weighted by molar-refractivity contribution is 7.90. The topological polar surface area (TPSA) is 56.9 Å². The number of fused-ring (bicyclic) bond motifs is 2. The largest absolute Gasteiger partial charge is 0.319 e. The minimum atomic E-state index is -3.76. The van der Waals surface area contributed by atoms with Gasteiger partial charge in [-0.25, -0.2) is 17.4 Å². The van der Waals surface area contributed by atoms with Gasteiger partial charge in [0.2, 0.25) is 0 Å². The summed E-state index contributed by atoms with van der Waals surface area (Å²) in [6.07, 6.45) is 1.76. The molecule has 6 rings (SSSR count). The molecule has 0 amide bonds. The molecule has 2 aromatic heterocycles. The van der Waals surface area contributed by atoms with E-state index in [0.717, 1.165) is 44.5 Å². The van der Waals surface area contributed by atoms with Gasteiger partial charge in [0.25, 0.3) is 10.0 Å². The van der Waals surface area contributed by atoms with Gasteiger partial charge < -0.3 is 4.57 Å². The fourth-order valence-electron chi connectivity index (χ4n) is 4.74. The van der Waals surface area contributed by atoms with Crippen molar-refractivity contribution in [3.63, 3.8) is 0 Å². The van der Waals surface area contributed by atoms with Gasteiger partial charge in [-0.3, -0.25) is 0 Å². The third kappa shape index (κ3) is 3.71. The van der Waals surface area contributed by atoms with E-state index in [-0.39, 0.29) is 4.90 Å². The normalized spacial score (nSPS) is 11.9. The molecular formula is C30H25N3O2S. The lowest BCUT2D eigenvalue weighted by Gasteiger charge is -2.10. The van der Waals surface area contributed by atoms with Crippen LogP contribution in [0, 0.1) is 13.8 Å². The van der Waals surface area contributed by atoms with Crippen molar-refractivity contribution in [3.8, 4) is 11.4 Å². The lowest BCUT2D eigenvalue weighted by atomic mass is 10.1. The van der Waals surface area contributed by atoms with E-state index in [1.54, 1.807) is 18.3 Å². The Morgan fingerprint density at radius 3 is 2.22 bits per heavy atom. The number of aryl methyl sites for hydroxylation is 2. The summed E-state index contributed by atoms with van der Waals surface area (Å²) in [6.45, 7) is 4.50. The van der Waals surface area contributed by atoms with Crippen molar-refractivity contribution < 1.29 is 8.42 Å². The second-order valence-corrected chi connectivity index (χ2v) is 11.0. The van der Waals surface area contributed by atoms with E-state index in [1.165, 1.54) is 3.97 Å². The minimum absolute atomic E-state index is 0.272. The molecule has 178 valence electrons. The van der Waals surface area contributed by atoms with Crippen LogP contribution in [0.5, 0.6) is 0 Å². The molecule has 0 saturated carbocycles. The molecule has 4 aromatic carbocycles. The zero-order valence-electron chi connectivity index (χ0n) is 20.1. The summed E-state index contributed by atoms with van der Waals surface area (Å²) in [5, 5.41) is 0.904. The molecule has 0 saturated heterocycles. The van der Waals surface area contributed by atoms with Crippen molar-refractivity contribution in [1.29, 1.82) is 0 Å². The summed E-state index contributed by atoms with van der Waals surface area (Å²) >= 11 is 0. The molecule has 0 radical (unpaired) electrons. The van der Waals surface area contributed by atoms with E-state index in [0.29, 0.717) is 12.1 Å². The van der Waals surface area contributed by atoms with Gasteiger partial charge in [-0.15, -0.1) is 0 Å². The molecule has 0 N–H and O–H groups in total. The second kappa shape index (κ2) is 8.50. The van der Waals surface area contributed by atoms with Crippen LogP contribution in [0.3, 0.4) is 0 Å². The fourth-order valence-corrected chi connectivity index (χ4v) is 6.13. The maximum atomic E-state index is 13.7. The smallest absolute Gasteiger partial charge is 0.268 e. The van der Waals surface area contributed by atoms with Crippen LogP contribution < -0.4 is 0 Å². The molecule has 0 unspecified atom stereocenters. The van der Waals surface area contributed by atoms with E-state index < -0.39 is 10.0 Å². The molecule has 0 aliphatic carbocycles. The molecule has 6 heteroatoms. The molecule has 0 aliphatic heterocycles. The predicted octanol–water partition coefficient (Wildman–Crippen LogP) is 6.56. The highest BCUT2D eigenvalue weighted by Gasteiger charge is 2.22. The molecule has 6 aromatic rings. The molecule has 0 spiro atoms. The summed E-state index contributed by atoms with van der Waals surface area (Å²) in [6, 6.07) is 31.0. The number of rotatable bonds is 5. The highest BCUT2D eigenvalue weighted by Crippen LogP contribution is 2.31. The van der Waals surface area contributed by atoms with Crippen LogP contribution in [0.1, 0.15) is 16.7 Å². The van der Waals surface area contributed by atoms with Gasteiger partial charge in [0, 0.05) is 17.1 Å². The molecule has 0 aliphatic rings. The Labute approximate surface area is 210 Å². The van der Waals surface area contributed by atoms with Gasteiger partial charge in [0.1, 0.15) is 5.82 Å². The number of nitrogens with zero attached hydrogens (tertiary/aromatic N) is 3. The lowest BCUT2D eigenvalue weighted by Crippen LogP contribution is -2.12. The Morgan fingerprint density at radius 1 is 0.750 bits per heavy atom. The Hall–Kier alpha value is -4.16. The molecule has 0 bridgehead atoms. The fraction of sp³-hybridized carbons (Fsp3) is 0.100. The number of benzene rings is 4. The first-order chi connectivity index (χ1) is 17.4. The lowest BCUT2D eigenvalue weighted by molar-refractivity contribution is 0.589. The Bertz CT molecular complexity index is 1830. The Balaban J connectivity index is 1.55. The van der Waals surface area contributed by atoms with Gasteiger partial charge in [-0.1, -0.05) is 72.3 Å². The monoisotopic (exact) mass is 491 g/mol. The number of aromatic nitrogens is 3. The first-order valence-electron chi connectivity index (χ1n) is 11.9. The third-order valence-corrected chi connectivity index (χ3v) is 8.29. The summed E-state index contributed by atoms with van der Waals surface area (Å²) < 4.78 is 30.9. The summed E-state index contributed by atoms with van der Waals surface area (Å²) in [5.41, 5.74) is 6.69. The van der Waals surface area contributed by atoms with Crippen molar-refractivity contribution in [2.45, 2.75) is 25.3 Å². The van der Waals surface area contributed by atoms with Gasteiger partial charge in [0.05, 0.1) is 28.0 Å². The van der Waals surface area contributed by atoms with Crippen LogP contribution in [-0.2, 0) is 16.6 Å². The van der Waals surface area contributed by atoms with Crippen LogP contribution in [0.2, 0.25) is 0 Å². The average molecular weight is 492 g/mol. The first kappa shape index (κ1) is 22.3. The van der Waals surface area contributed by atoms with Crippen LogP contribution in [0.4, 0.5) is 0 Å². The van der Waals surface area contributed by atoms with E-state index in [1.807, 2.05) is 67.6 Å². The average Bonchev–Trinajstić information content (AvgIpc) is 3.44. The van der Waals surface area contributed by atoms with E-state index in [4.69, 9.17) is 4.98 Å². The van der Waals surface area contributed by atoms with E-state index in [2.05, 4.69) is 35.8 Å². The zero-order valence-corrected chi connectivity index (χ0v) is 20.9. The highest BCUT2D eigenvalue weighted by atomic mass is 32.2. The van der Waals surface area contributed by atoms with Crippen LogP contribution in [-0.4, -0.2) is 21.9 Å². The van der Waals surface area contributed by atoms with Crippen molar-refractivity contribution >= 4 is 32.0 Å². The number of para-hydroxylation sites is 1. The van der Waals surface area contributed by atoms with E-state index >= 15 is 0 Å². The summed E-state index contributed by atoms with van der Waals surface area (Å²) in [7, 11) is -3.76. The number of hydrogen-bond donors (Lipinski definition) is 0. The van der Waals surface area contributed by atoms with Gasteiger partial charge in [-0.2, -0.15) is 0 Å². The summed E-state index contributed by atoms with van der Waals surface area (Å²) in [4.78, 5) is 5.22. The van der Waals surface area contributed by atoms with Gasteiger partial charge in [-0.05, 0) is 55.3 Å². The van der Waals surface area contributed by atoms with E-state index in [9.17, 15) is 8.42 Å². The standard InChI is InChI=1S/C30H25N3O2S/c1-21-12-15-25(16-13-21)36(34,35)33-20-24(26-10-6-7-11-28(26)33)19-32-29-18-22(2)14-17-27(29)31-30(32)23-8-4-3-5-9-23/h3-18,20H,19H2,1-2H3. The number of hydrogen-bond acceptors (Lipinski definition) is 3. The molecular weight excluding hydrogens is 466 g/mol. The first-order valence-corrected chi connectivity index (χ1v) is 13.3. The Morgan fingerprint density at radius 2 is 1.44 bits per heavy atom.